The summed E-state index contributed by atoms with van der Waals surface area (Å²) in [5.74, 6) is -1.17. The molecule has 3 aliphatic heterocycles. The van der Waals surface area contributed by atoms with Crippen molar-refractivity contribution in [1.82, 2.24) is 14.8 Å². The van der Waals surface area contributed by atoms with Gasteiger partial charge in [0.1, 0.15) is 0 Å². The topological polar surface area (TPSA) is 92.2 Å². The molecule has 0 saturated carbocycles. The predicted molar refractivity (Wildman–Crippen MR) is 103 cm³/mol. The van der Waals surface area contributed by atoms with Crippen molar-refractivity contribution in [2.45, 2.75) is 31.5 Å². The highest BCUT2D eigenvalue weighted by molar-refractivity contribution is 5.75. The number of amides is 2. The lowest BCUT2D eigenvalue weighted by atomic mass is 9.91. The minimum atomic E-state index is -5.08. The largest absolute Gasteiger partial charge is 0.490 e. The van der Waals surface area contributed by atoms with Crippen molar-refractivity contribution in [2.75, 3.05) is 39.4 Å². The zero-order valence-electron chi connectivity index (χ0n) is 17.0. The van der Waals surface area contributed by atoms with E-state index in [9.17, 15) is 18.0 Å². The van der Waals surface area contributed by atoms with Crippen LogP contribution in [0, 0.1) is 11.8 Å². The Morgan fingerprint density at radius 1 is 1.19 bits per heavy atom. The van der Waals surface area contributed by atoms with Crippen molar-refractivity contribution in [2.24, 2.45) is 11.8 Å². The molecule has 1 aromatic heterocycles. The summed E-state index contributed by atoms with van der Waals surface area (Å²) in [5.41, 5.74) is 0. The highest BCUT2D eigenvalue weighted by Crippen LogP contribution is 2.36. The second kappa shape index (κ2) is 10.2. The quantitative estimate of drug-likeness (QED) is 0.766. The number of hydrogen-bond acceptors (Lipinski definition) is 5. The van der Waals surface area contributed by atoms with Crippen molar-refractivity contribution in [3.63, 3.8) is 0 Å². The molecule has 3 atom stereocenters. The van der Waals surface area contributed by atoms with Gasteiger partial charge in [0.05, 0.1) is 19.3 Å². The van der Waals surface area contributed by atoms with Gasteiger partial charge in [0.15, 0.2) is 0 Å². The lowest BCUT2D eigenvalue weighted by molar-refractivity contribution is -0.192. The number of ether oxygens (including phenoxy) is 2. The van der Waals surface area contributed by atoms with Crippen molar-refractivity contribution < 1.29 is 37.3 Å². The molecule has 3 fully saturated rings. The summed E-state index contributed by atoms with van der Waals surface area (Å²) in [7, 11) is 0. The number of pyridine rings is 1. The number of alkyl halides is 3. The van der Waals surface area contributed by atoms with E-state index in [1.807, 2.05) is 28.0 Å². The highest BCUT2D eigenvalue weighted by atomic mass is 19.4. The van der Waals surface area contributed by atoms with Gasteiger partial charge in [0.25, 0.3) is 0 Å². The van der Waals surface area contributed by atoms with Crippen LogP contribution in [0.3, 0.4) is 0 Å². The zero-order valence-corrected chi connectivity index (χ0v) is 17.0. The summed E-state index contributed by atoms with van der Waals surface area (Å²) in [6.45, 7) is 4.83. The molecule has 0 unspecified atom stereocenters. The number of carbonyl (C=O) groups is 2. The van der Waals surface area contributed by atoms with E-state index in [-0.39, 0.29) is 12.1 Å². The molecule has 0 aliphatic carbocycles. The molecule has 0 bridgehead atoms. The number of rotatable bonds is 4. The molecule has 8 nitrogen and oxygen atoms in total. The van der Waals surface area contributed by atoms with E-state index in [1.54, 1.807) is 6.20 Å². The number of urea groups is 1. The fraction of sp³-hybridized carbons (Fsp3) is 0.650. The van der Waals surface area contributed by atoms with E-state index in [0.717, 1.165) is 52.0 Å². The van der Waals surface area contributed by atoms with Gasteiger partial charge in [0, 0.05) is 44.4 Å². The normalized spacial score (nSPS) is 25.1. The fourth-order valence-electron chi connectivity index (χ4n) is 4.11. The number of carbonyl (C=O) groups excluding carboxylic acids is 1. The summed E-state index contributed by atoms with van der Waals surface area (Å²) in [5, 5.41) is 7.12. The lowest BCUT2D eigenvalue weighted by Gasteiger charge is -2.25. The third-order valence-electron chi connectivity index (χ3n) is 5.70. The number of carboxylic acids is 1. The molecule has 172 valence electrons. The second-order valence-corrected chi connectivity index (χ2v) is 7.79. The molecule has 3 aliphatic rings. The van der Waals surface area contributed by atoms with Crippen molar-refractivity contribution >= 4 is 12.0 Å². The Balaban J connectivity index is 0.000000339. The van der Waals surface area contributed by atoms with E-state index in [0.29, 0.717) is 24.3 Å². The van der Waals surface area contributed by atoms with Gasteiger partial charge < -0.3 is 24.4 Å². The smallest absolute Gasteiger partial charge is 0.478 e. The summed E-state index contributed by atoms with van der Waals surface area (Å²) < 4.78 is 43.4. The Morgan fingerprint density at radius 2 is 1.90 bits per heavy atom. The molecule has 1 aromatic rings. The first-order valence-corrected chi connectivity index (χ1v) is 10.2. The molecule has 0 spiro atoms. The van der Waals surface area contributed by atoms with Gasteiger partial charge in [-0.2, -0.15) is 13.2 Å². The number of carboxylic acid groups (broad SMARTS) is 1. The number of aromatic nitrogens is 1. The lowest BCUT2D eigenvalue weighted by Crippen LogP contribution is -2.41. The van der Waals surface area contributed by atoms with Gasteiger partial charge in [-0.15, -0.1) is 0 Å². The van der Waals surface area contributed by atoms with Crippen LogP contribution in [-0.4, -0.2) is 83.6 Å². The first-order chi connectivity index (χ1) is 14.8. The number of aliphatic carboxylic acids is 1. The number of halogens is 3. The Labute approximate surface area is 177 Å². The molecular weight excluding hydrogens is 419 g/mol. The predicted octanol–water partition coefficient (Wildman–Crippen LogP) is 2.65. The molecular formula is C20H26F3N3O5. The SMILES string of the molecule is O=C(N1CCCC1)N1C[C@H]2[C@@H](CCOc3ccccn3)CO[C@H]2C1.O=C(O)C(F)(F)F. The average Bonchev–Trinajstić information content (AvgIpc) is 3.47. The van der Waals surface area contributed by atoms with Gasteiger partial charge >= 0.3 is 18.2 Å². The van der Waals surface area contributed by atoms with Crippen LogP contribution in [0.5, 0.6) is 5.88 Å². The van der Waals surface area contributed by atoms with Crippen LogP contribution < -0.4 is 4.74 Å². The van der Waals surface area contributed by atoms with Crippen molar-refractivity contribution in [1.29, 1.82) is 0 Å². The highest BCUT2D eigenvalue weighted by Gasteiger charge is 2.45. The summed E-state index contributed by atoms with van der Waals surface area (Å²) in [4.78, 5) is 29.6. The van der Waals surface area contributed by atoms with Crippen LogP contribution in [-0.2, 0) is 9.53 Å². The monoisotopic (exact) mass is 445 g/mol. The van der Waals surface area contributed by atoms with Crippen molar-refractivity contribution in [3.8, 4) is 5.88 Å². The molecule has 0 aromatic carbocycles. The first-order valence-electron chi connectivity index (χ1n) is 10.2. The Bertz CT molecular complexity index is 743. The number of fused-ring (bicyclic) bond motifs is 1. The van der Waals surface area contributed by atoms with Gasteiger partial charge in [-0.25, -0.2) is 14.6 Å². The summed E-state index contributed by atoms with van der Waals surface area (Å²) in [6, 6.07) is 5.89. The molecule has 3 saturated heterocycles. The van der Waals surface area contributed by atoms with Crippen molar-refractivity contribution in [3.05, 3.63) is 24.4 Å². The van der Waals surface area contributed by atoms with E-state index >= 15 is 0 Å². The third kappa shape index (κ3) is 6.22. The molecule has 4 heterocycles. The molecule has 2 amide bonds. The molecule has 31 heavy (non-hydrogen) atoms. The van der Waals surface area contributed by atoms with Crippen LogP contribution in [0.1, 0.15) is 19.3 Å². The van der Waals surface area contributed by atoms with Crippen LogP contribution in [0.4, 0.5) is 18.0 Å². The van der Waals surface area contributed by atoms with E-state index in [4.69, 9.17) is 19.4 Å². The van der Waals surface area contributed by atoms with Gasteiger partial charge in [-0.1, -0.05) is 6.07 Å². The molecule has 1 N–H and O–H groups in total. The molecule has 11 heteroatoms. The Morgan fingerprint density at radius 3 is 2.52 bits per heavy atom. The van der Waals surface area contributed by atoms with Crippen LogP contribution in [0.2, 0.25) is 0 Å². The van der Waals surface area contributed by atoms with Crippen LogP contribution in [0.25, 0.3) is 0 Å². The fourth-order valence-corrected chi connectivity index (χ4v) is 4.11. The average molecular weight is 445 g/mol. The first kappa shape index (κ1) is 23.1. The maximum Gasteiger partial charge on any atom is 0.490 e. The minimum Gasteiger partial charge on any atom is -0.478 e. The maximum atomic E-state index is 12.5. The number of nitrogens with zero attached hydrogens (tertiary/aromatic N) is 3. The Kier molecular flexibility index (Phi) is 7.58. The number of likely N-dealkylation sites (tertiary alicyclic amines) is 2. The third-order valence-corrected chi connectivity index (χ3v) is 5.70. The van der Waals surface area contributed by atoms with Gasteiger partial charge in [-0.3, -0.25) is 0 Å². The minimum absolute atomic E-state index is 0.203. The molecule has 0 radical (unpaired) electrons. The number of hydrogen-bond donors (Lipinski definition) is 1. The summed E-state index contributed by atoms with van der Waals surface area (Å²) in [6.07, 6.45) is 0.0792. The summed E-state index contributed by atoms with van der Waals surface area (Å²) >= 11 is 0. The van der Waals surface area contributed by atoms with E-state index in [1.165, 1.54) is 0 Å². The van der Waals surface area contributed by atoms with E-state index in [2.05, 4.69) is 4.98 Å². The van der Waals surface area contributed by atoms with Crippen LogP contribution >= 0.6 is 0 Å². The molecule has 4 rings (SSSR count). The Hall–Kier alpha value is -2.56. The standard InChI is InChI=1S/C18H25N3O3.C2HF3O2/c22-18(20-8-3-4-9-20)21-11-15-14(13-24-16(15)12-21)6-10-23-17-5-1-2-7-19-17;3-2(4,5)1(6)7/h1-2,5,7,14-16H,3-4,6,8-13H2;(H,6,7)/t14-,15-,16-;/m0./s1. The maximum absolute atomic E-state index is 12.5. The van der Waals surface area contributed by atoms with Crippen LogP contribution in [0.15, 0.2) is 24.4 Å². The second-order valence-electron chi connectivity index (χ2n) is 7.79. The van der Waals surface area contributed by atoms with E-state index < -0.39 is 12.1 Å². The zero-order chi connectivity index (χ0) is 22.4. The van der Waals surface area contributed by atoms with Gasteiger partial charge in [0.2, 0.25) is 5.88 Å². The van der Waals surface area contributed by atoms with Gasteiger partial charge in [-0.05, 0) is 31.2 Å².